The number of anilines is 2. The minimum Gasteiger partial charge on any atom is -0.370 e. The molecule has 1 rings (SSSR count). The highest BCUT2D eigenvalue weighted by atomic mass is 19.1. The summed E-state index contributed by atoms with van der Waals surface area (Å²) >= 11 is 0. The molecule has 1 aromatic rings. The first-order valence-electron chi connectivity index (χ1n) is 7.31. The molecule has 0 bridgehead atoms. The van der Waals surface area contributed by atoms with E-state index >= 15 is 0 Å². The maximum atomic E-state index is 14.1. The predicted molar refractivity (Wildman–Crippen MR) is 86.0 cm³/mol. The van der Waals surface area contributed by atoms with Gasteiger partial charge in [-0.2, -0.15) is 0 Å². The Morgan fingerprint density at radius 3 is 2.43 bits per heavy atom. The van der Waals surface area contributed by atoms with Gasteiger partial charge in [0.1, 0.15) is 5.82 Å². The van der Waals surface area contributed by atoms with E-state index in [9.17, 15) is 9.18 Å². The molecule has 0 aromatic heterocycles. The first-order valence-corrected chi connectivity index (χ1v) is 7.31. The molecule has 5 heteroatoms. The second kappa shape index (κ2) is 7.41. The van der Waals surface area contributed by atoms with Crippen LogP contribution < -0.4 is 16.0 Å². The minimum atomic E-state index is -0.578. The van der Waals surface area contributed by atoms with Crippen molar-refractivity contribution in [2.24, 2.45) is 11.7 Å². The Hall–Kier alpha value is -1.62. The van der Waals surface area contributed by atoms with Crippen LogP contribution in [-0.2, 0) is 4.79 Å². The molecular weight excluding hydrogens is 269 g/mol. The molecule has 0 saturated heterocycles. The Kier molecular flexibility index (Phi) is 6.15. The van der Waals surface area contributed by atoms with Gasteiger partial charge in [0.05, 0.1) is 11.7 Å². The molecule has 4 nitrogen and oxygen atoms in total. The summed E-state index contributed by atoms with van der Waals surface area (Å²) in [6.45, 7) is 7.98. The Morgan fingerprint density at radius 1 is 1.33 bits per heavy atom. The van der Waals surface area contributed by atoms with E-state index in [2.05, 4.69) is 5.32 Å². The van der Waals surface area contributed by atoms with Crippen LogP contribution in [0, 0.1) is 11.7 Å². The maximum absolute atomic E-state index is 14.1. The predicted octanol–water partition coefficient (Wildman–Crippen LogP) is 2.98. The van der Waals surface area contributed by atoms with Gasteiger partial charge in [0, 0.05) is 18.8 Å². The molecule has 0 aliphatic carbocycles. The lowest BCUT2D eigenvalue weighted by molar-refractivity contribution is -0.117. The third-order valence-corrected chi connectivity index (χ3v) is 3.43. The number of nitrogens with one attached hydrogen (secondary N) is 1. The summed E-state index contributed by atoms with van der Waals surface area (Å²) in [6, 6.07) is 4.30. The number of hydrogen-bond donors (Lipinski definition) is 2. The third-order valence-electron chi connectivity index (χ3n) is 3.43. The van der Waals surface area contributed by atoms with Crippen LogP contribution in [0.3, 0.4) is 0 Å². The Labute approximate surface area is 126 Å². The molecule has 0 spiro atoms. The average molecular weight is 295 g/mol. The summed E-state index contributed by atoms with van der Waals surface area (Å²) in [5.74, 6) is -0.306. The Bertz CT molecular complexity index is 488. The van der Waals surface area contributed by atoms with Crippen molar-refractivity contribution in [2.75, 3.05) is 17.3 Å². The second-order valence-electron chi connectivity index (χ2n) is 6.10. The normalized spacial score (nSPS) is 12.6. The molecule has 1 aromatic carbocycles. The first kappa shape index (κ1) is 17.4. The van der Waals surface area contributed by atoms with E-state index in [-0.39, 0.29) is 17.8 Å². The van der Waals surface area contributed by atoms with E-state index < -0.39 is 6.04 Å². The van der Waals surface area contributed by atoms with Gasteiger partial charge < -0.3 is 16.0 Å². The van der Waals surface area contributed by atoms with Gasteiger partial charge in [0.15, 0.2) is 0 Å². The Morgan fingerprint density at radius 2 is 1.95 bits per heavy atom. The maximum Gasteiger partial charge on any atom is 0.241 e. The van der Waals surface area contributed by atoms with E-state index in [0.717, 1.165) is 0 Å². The van der Waals surface area contributed by atoms with Crippen LogP contribution >= 0.6 is 0 Å². The fraction of sp³-hybridized carbons (Fsp3) is 0.562. The standard InChI is InChI=1S/C16H26FN3O/c1-10(2)8-14(18)16(21)19-12-6-7-15(13(17)9-12)20(5)11(3)4/h6-7,9-11,14H,8,18H2,1-5H3,(H,19,21)/t14-/m1/s1. The third kappa shape index (κ3) is 5.01. The largest absolute Gasteiger partial charge is 0.370 e. The van der Waals surface area contributed by atoms with Gasteiger partial charge in [0.2, 0.25) is 5.91 Å². The summed E-state index contributed by atoms with van der Waals surface area (Å²) in [4.78, 5) is 13.8. The van der Waals surface area contributed by atoms with E-state index in [1.807, 2.05) is 39.6 Å². The van der Waals surface area contributed by atoms with E-state index in [1.54, 1.807) is 12.1 Å². The van der Waals surface area contributed by atoms with Crippen molar-refractivity contribution < 1.29 is 9.18 Å². The Balaban J connectivity index is 2.78. The van der Waals surface area contributed by atoms with Crippen LogP contribution in [0.25, 0.3) is 0 Å². The first-order chi connectivity index (χ1) is 9.72. The number of nitrogens with two attached hydrogens (primary N) is 1. The van der Waals surface area contributed by atoms with Crippen molar-refractivity contribution in [1.29, 1.82) is 0 Å². The monoisotopic (exact) mass is 295 g/mol. The second-order valence-corrected chi connectivity index (χ2v) is 6.10. The van der Waals surface area contributed by atoms with E-state index in [1.165, 1.54) is 6.07 Å². The fourth-order valence-electron chi connectivity index (χ4n) is 2.00. The lowest BCUT2D eigenvalue weighted by Crippen LogP contribution is -2.36. The number of benzene rings is 1. The topological polar surface area (TPSA) is 58.4 Å². The average Bonchev–Trinajstić information content (AvgIpc) is 2.37. The smallest absolute Gasteiger partial charge is 0.241 e. The highest BCUT2D eigenvalue weighted by Crippen LogP contribution is 2.23. The van der Waals surface area contributed by atoms with Crippen molar-refractivity contribution in [3.8, 4) is 0 Å². The van der Waals surface area contributed by atoms with Crippen LogP contribution in [0.5, 0.6) is 0 Å². The highest BCUT2D eigenvalue weighted by Gasteiger charge is 2.16. The molecule has 0 radical (unpaired) electrons. The van der Waals surface area contributed by atoms with Gasteiger partial charge in [0.25, 0.3) is 0 Å². The van der Waals surface area contributed by atoms with Crippen LogP contribution in [0.1, 0.15) is 34.1 Å². The summed E-state index contributed by atoms with van der Waals surface area (Å²) in [6.07, 6.45) is 0.600. The highest BCUT2D eigenvalue weighted by molar-refractivity contribution is 5.94. The molecule has 1 atom stereocenters. The summed E-state index contributed by atoms with van der Waals surface area (Å²) in [5, 5.41) is 2.66. The number of amides is 1. The molecule has 3 N–H and O–H groups in total. The summed E-state index contributed by atoms with van der Waals surface area (Å²) in [7, 11) is 1.83. The number of hydrogen-bond acceptors (Lipinski definition) is 3. The quantitative estimate of drug-likeness (QED) is 0.848. The lowest BCUT2D eigenvalue weighted by atomic mass is 10.0. The molecule has 0 heterocycles. The van der Waals surface area contributed by atoms with Gasteiger partial charge in [-0.05, 0) is 44.4 Å². The van der Waals surface area contributed by atoms with Crippen molar-refractivity contribution in [1.82, 2.24) is 0 Å². The number of carbonyl (C=O) groups is 1. The molecule has 0 fully saturated rings. The number of nitrogens with zero attached hydrogens (tertiary/aromatic N) is 1. The number of rotatable bonds is 6. The van der Waals surface area contributed by atoms with Crippen molar-refractivity contribution in [3.05, 3.63) is 24.0 Å². The molecule has 1 amide bonds. The van der Waals surface area contributed by atoms with Crippen LogP contribution in [0.2, 0.25) is 0 Å². The molecule has 0 unspecified atom stereocenters. The molecule has 21 heavy (non-hydrogen) atoms. The van der Waals surface area contributed by atoms with Crippen molar-refractivity contribution in [2.45, 2.75) is 46.2 Å². The number of carbonyl (C=O) groups excluding carboxylic acids is 1. The zero-order chi connectivity index (χ0) is 16.2. The fourth-order valence-corrected chi connectivity index (χ4v) is 2.00. The van der Waals surface area contributed by atoms with Gasteiger partial charge in [-0.1, -0.05) is 13.8 Å². The number of halogens is 1. The zero-order valence-corrected chi connectivity index (χ0v) is 13.5. The molecule has 118 valence electrons. The van der Waals surface area contributed by atoms with Gasteiger partial charge in [-0.25, -0.2) is 4.39 Å². The van der Waals surface area contributed by atoms with E-state index in [0.29, 0.717) is 23.7 Å². The van der Waals surface area contributed by atoms with Gasteiger partial charge in [-0.15, -0.1) is 0 Å². The van der Waals surface area contributed by atoms with Crippen molar-refractivity contribution in [3.63, 3.8) is 0 Å². The molecule has 0 saturated carbocycles. The molecular formula is C16H26FN3O. The van der Waals surface area contributed by atoms with E-state index in [4.69, 9.17) is 5.73 Å². The summed E-state index contributed by atoms with van der Waals surface area (Å²) < 4.78 is 14.1. The van der Waals surface area contributed by atoms with Gasteiger partial charge in [-0.3, -0.25) is 4.79 Å². The van der Waals surface area contributed by atoms with Gasteiger partial charge >= 0.3 is 0 Å². The van der Waals surface area contributed by atoms with Crippen LogP contribution in [-0.4, -0.2) is 25.0 Å². The summed E-state index contributed by atoms with van der Waals surface area (Å²) in [5.41, 5.74) is 6.74. The molecule has 0 aliphatic heterocycles. The van der Waals surface area contributed by atoms with Crippen LogP contribution in [0.15, 0.2) is 18.2 Å². The van der Waals surface area contributed by atoms with Crippen molar-refractivity contribution >= 4 is 17.3 Å². The molecule has 0 aliphatic rings. The zero-order valence-electron chi connectivity index (χ0n) is 13.5. The minimum absolute atomic E-state index is 0.194. The SMILES string of the molecule is CC(C)C[C@@H](N)C(=O)Nc1ccc(N(C)C(C)C)c(F)c1. The van der Waals surface area contributed by atoms with Crippen LogP contribution in [0.4, 0.5) is 15.8 Å². The lowest BCUT2D eigenvalue weighted by Gasteiger charge is -2.24.